The second-order valence-corrected chi connectivity index (χ2v) is 20.4. The number of rotatable bonds is 6. The number of carboxylic acid groups (broad SMARTS) is 1. The topological polar surface area (TPSA) is 399 Å². The minimum Gasteiger partial charge on any atom is -0.481 e. The molecular weight excluding hydrogens is 1000 g/mol. The Hall–Kier alpha value is -3.64. The molecule has 0 aromatic heterocycles. The molecule has 0 spiro atoms. The molecule has 0 aromatic rings. The van der Waals surface area contributed by atoms with Crippen LogP contribution >= 0.6 is 0 Å². The zero-order chi connectivity index (χ0) is 56.4. The fourth-order valence-electron chi connectivity index (χ4n) is 9.54. The summed E-state index contributed by atoms with van der Waals surface area (Å²) in [7, 11) is 0. The van der Waals surface area contributed by atoms with E-state index in [4.69, 9.17) is 34.2 Å². The van der Waals surface area contributed by atoms with E-state index in [2.05, 4.69) is 0 Å². The molecule has 0 aliphatic carbocycles. The Labute approximate surface area is 442 Å². The molecule has 76 heavy (non-hydrogen) atoms. The van der Waals surface area contributed by atoms with Crippen LogP contribution in [0.25, 0.3) is 0 Å². The number of aliphatic carboxylic acids is 1. The van der Waals surface area contributed by atoms with Crippen molar-refractivity contribution in [2.45, 2.75) is 207 Å². The van der Waals surface area contributed by atoms with Crippen LogP contribution in [0.15, 0.2) is 85.1 Å². The number of aliphatic hydroxyl groups excluding tert-OH is 12. The number of carboxylic acids is 1. The number of hydrogen-bond donors (Lipinski definition) is 15. The Morgan fingerprint density at radius 3 is 1.80 bits per heavy atom. The maximum absolute atomic E-state index is 13.1. The lowest BCUT2D eigenvalue weighted by Gasteiger charge is -2.45. The van der Waals surface area contributed by atoms with Gasteiger partial charge in [0.15, 0.2) is 18.4 Å². The zero-order valence-electron chi connectivity index (χ0n) is 43.3. The highest BCUT2D eigenvalue weighted by molar-refractivity contribution is 5.71. The van der Waals surface area contributed by atoms with E-state index < -0.39 is 190 Å². The second-order valence-electron chi connectivity index (χ2n) is 20.4. The summed E-state index contributed by atoms with van der Waals surface area (Å²) in [5.41, 5.74) is 6.04. The highest BCUT2D eigenvalue weighted by Gasteiger charge is 2.51. The lowest BCUT2D eigenvalue weighted by atomic mass is 9.82. The molecule has 0 radical (unpaired) electrons. The standard InChI is InChI=1S/C53H83NO22/c1-28-17-15-13-11-9-7-5-6-8-10-12-14-16-18-35(73-51-46(65)43(54)44(63)31(4)72-51)24-39-42(50(68)69)38(61)26-53(70,76-39)25-34(58)22-37(60)36(59)20-19-32(56)21-33(57)23-41(62)71-30(3)29(2)49(28)75-52-48(67)47(66)45(64)40(27-55)74-52/h5-18,28-40,42-49,51-52,55-61,63-67,70H,19-27,54H2,1-4H3,(H,68,69)/b6-5+,9-7+,10-8+,13-11+,14-12+,17-15+,18-16+/t28-,29-,30-,31+,32+,33+,34-,35-,36+,37+,38-,39-,40+,42+,43-,44+,45-,46-,47-,48+,49+,51?,52?,53+/m0/s1. The number of allylic oxidation sites excluding steroid dienone is 12. The lowest BCUT2D eigenvalue weighted by molar-refractivity contribution is -0.318. The molecule has 4 heterocycles. The number of fused-ring (bicyclic) bond motifs is 2. The first-order valence-electron chi connectivity index (χ1n) is 25.8. The van der Waals surface area contributed by atoms with Gasteiger partial charge in [0, 0.05) is 37.5 Å². The van der Waals surface area contributed by atoms with Gasteiger partial charge in [-0.3, -0.25) is 9.59 Å². The molecule has 0 amide bonds. The molecule has 4 rings (SSSR count). The summed E-state index contributed by atoms with van der Waals surface area (Å²) in [6, 6.07) is -1.17. The fourth-order valence-corrected chi connectivity index (χ4v) is 9.54. The summed E-state index contributed by atoms with van der Waals surface area (Å²) >= 11 is 0. The fraction of sp³-hybridized carbons (Fsp3) is 0.698. The van der Waals surface area contributed by atoms with Gasteiger partial charge in [-0.05, 0) is 33.1 Å². The smallest absolute Gasteiger partial charge is 0.311 e. The number of nitrogens with two attached hydrogens (primary N) is 1. The van der Waals surface area contributed by atoms with Crippen LogP contribution in [0.5, 0.6) is 0 Å². The highest BCUT2D eigenvalue weighted by atomic mass is 16.7. The van der Waals surface area contributed by atoms with Crippen molar-refractivity contribution in [3.05, 3.63) is 85.1 Å². The molecule has 432 valence electrons. The number of ether oxygens (including phenoxy) is 6. The van der Waals surface area contributed by atoms with Crippen molar-refractivity contribution in [3.8, 4) is 0 Å². The summed E-state index contributed by atoms with van der Waals surface area (Å²) in [6.45, 7) is 5.92. The molecule has 2 bridgehead atoms. The van der Waals surface area contributed by atoms with Crippen LogP contribution in [0, 0.1) is 17.8 Å². The monoisotopic (exact) mass is 1090 g/mol. The SMILES string of the molecule is C[C@@H]1[C@H](OC2O[C@H](CO)[C@H](O)[C@H](O)[C@H]2O)[C@@H](C)/C=C/C=C/C=C/C=C/C=C/C=C/C=C/[C@H](OC2O[C@H](C)[C@@H](O)[C@H](N)[C@@H]2O)C[C@@H]2O[C@](O)(C[C@@H](O)C[C@@H](O)[C@H](O)CC[C@@H](O)C[C@@H](O)CC(=O)O[C@H]1C)C[C@H](O)[C@H]2C(=O)O. The first-order valence-corrected chi connectivity index (χ1v) is 25.8. The number of cyclic esters (lactones) is 1. The van der Waals surface area contributed by atoms with E-state index in [1.807, 2.05) is 0 Å². The summed E-state index contributed by atoms with van der Waals surface area (Å²) in [5, 5.41) is 150. The number of esters is 1. The van der Waals surface area contributed by atoms with E-state index in [1.54, 1.807) is 99.8 Å². The van der Waals surface area contributed by atoms with Crippen molar-refractivity contribution in [1.82, 2.24) is 0 Å². The normalized spacial score (nSPS) is 46.8. The van der Waals surface area contributed by atoms with E-state index >= 15 is 0 Å². The van der Waals surface area contributed by atoms with Gasteiger partial charge < -0.3 is 106 Å². The van der Waals surface area contributed by atoms with Gasteiger partial charge >= 0.3 is 11.9 Å². The zero-order valence-corrected chi connectivity index (χ0v) is 43.3. The maximum atomic E-state index is 13.1. The molecule has 3 saturated heterocycles. The molecular formula is C53H83NO22. The second kappa shape index (κ2) is 31.2. The van der Waals surface area contributed by atoms with E-state index in [1.165, 1.54) is 13.0 Å². The van der Waals surface area contributed by atoms with Gasteiger partial charge in [0.05, 0.1) is 86.2 Å². The van der Waals surface area contributed by atoms with Gasteiger partial charge in [0.1, 0.15) is 42.5 Å². The largest absolute Gasteiger partial charge is 0.481 e. The Morgan fingerprint density at radius 1 is 0.632 bits per heavy atom. The third kappa shape index (κ3) is 19.6. The first kappa shape index (κ1) is 64.9. The van der Waals surface area contributed by atoms with Crippen molar-refractivity contribution in [1.29, 1.82) is 0 Å². The van der Waals surface area contributed by atoms with Crippen molar-refractivity contribution < 1.29 is 110 Å². The van der Waals surface area contributed by atoms with Gasteiger partial charge in [-0.1, -0.05) is 98.9 Å². The highest BCUT2D eigenvalue weighted by Crippen LogP contribution is 2.38. The van der Waals surface area contributed by atoms with Crippen LogP contribution in [-0.2, 0) is 38.0 Å². The summed E-state index contributed by atoms with van der Waals surface area (Å²) in [4.78, 5) is 25.6. The van der Waals surface area contributed by atoms with Gasteiger partial charge in [-0.15, -0.1) is 0 Å². The molecule has 4 aliphatic heterocycles. The van der Waals surface area contributed by atoms with Crippen LogP contribution in [0.1, 0.15) is 79.1 Å². The summed E-state index contributed by atoms with van der Waals surface area (Å²) in [5.74, 6) is -7.38. The van der Waals surface area contributed by atoms with Crippen molar-refractivity contribution >= 4 is 11.9 Å². The van der Waals surface area contributed by atoms with E-state index in [0.29, 0.717) is 0 Å². The average Bonchev–Trinajstić information content (AvgIpc) is 3.34. The van der Waals surface area contributed by atoms with Gasteiger partial charge in [0.2, 0.25) is 0 Å². The van der Waals surface area contributed by atoms with Crippen LogP contribution in [-0.4, -0.2) is 218 Å². The quantitative estimate of drug-likeness (QED) is 0.135. The minimum atomic E-state index is -2.36. The molecule has 3 fully saturated rings. The molecule has 16 N–H and O–H groups in total. The minimum absolute atomic E-state index is 0.172. The molecule has 23 nitrogen and oxygen atoms in total. The van der Waals surface area contributed by atoms with Crippen LogP contribution in [0.4, 0.5) is 0 Å². The number of carbonyl (C=O) groups excluding carboxylic acids is 1. The van der Waals surface area contributed by atoms with Crippen LogP contribution < -0.4 is 5.73 Å². The predicted molar refractivity (Wildman–Crippen MR) is 270 cm³/mol. The Kier molecular flexibility index (Phi) is 26.7. The van der Waals surface area contributed by atoms with Crippen molar-refractivity contribution in [2.75, 3.05) is 6.61 Å². The third-order valence-electron chi connectivity index (χ3n) is 14.1. The van der Waals surface area contributed by atoms with E-state index in [-0.39, 0.29) is 25.7 Å². The Morgan fingerprint density at radius 2 is 1.21 bits per heavy atom. The van der Waals surface area contributed by atoms with E-state index in [9.17, 15) is 81.1 Å². The molecule has 23 heteroatoms. The summed E-state index contributed by atoms with van der Waals surface area (Å²) < 4.78 is 35.2. The maximum Gasteiger partial charge on any atom is 0.311 e. The molecule has 24 atom stereocenters. The molecule has 0 saturated carbocycles. The predicted octanol–water partition coefficient (Wildman–Crippen LogP) is -1.46. The van der Waals surface area contributed by atoms with Gasteiger partial charge in [-0.25, -0.2) is 0 Å². The molecule has 0 aromatic carbocycles. The summed E-state index contributed by atoms with van der Waals surface area (Å²) in [6.07, 6.45) is -6.08. The van der Waals surface area contributed by atoms with Crippen LogP contribution in [0.2, 0.25) is 0 Å². The first-order chi connectivity index (χ1) is 35.9. The molecule has 2 unspecified atom stereocenters. The Balaban J connectivity index is 1.59. The number of aliphatic hydroxyl groups is 13. The number of carbonyl (C=O) groups is 2. The van der Waals surface area contributed by atoms with Crippen molar-refractivity contribution in [3.63, 3.8) is 0 Å². The average molecular weight is 1090 g/mol. The van der Waals surface area contributed by atoms with E-state index in [0.717, 1.165) is 0 Å². The van der Waals surface area contributed by atoms with Gasteiger partial charge in [-0.2, -0.15) is 0 Å². The Bertz CT molecular complexity index is 1980. The third-order valence-corrected chi connectivity index (χ3v) is 14.1. The van der Waals surface area contributed by atoms with Crippen LogP contribution in [0.3, 0.4) is 0 Å². The lowest BCUT2D eigenvalue weighted by Crippen LogP contribution is -2.61. The molecule has 4 aliphatic rings. The van der Waals surface area contributed by atoms with Crippen molar-refractivity contribution in [2.24, 2.45) is 23.5 Å². The van der Waals surface area contributed by atoms with Gasteiger partial charge in [0.25, 0.3) is 0 Å². The number of hydrogen-bond acceptors (Lipinski definition) is 22.